The SMILES string of the molecule is CC.Cc1cc(F)c(C(F)(F)F)c(F)c1. The third-order valence-electron chi connectivity index (χ3n) is 1.47. The Bertz CT molecular complexity index is 304. The summed E-state index contributed by atoms with van der Waals surface area (Å²) in [6.07, 6.45) is -4.98. The Labute approximate surface area is 84.7 Å². The minimum atomic E-state index is -4.98. The van der Waals surface area contributed by atoms with Gasteiger partial charge in [0, 0.05) is 0 Å². The summed E-state index contributed by atoms with van der Waals surface area (Å²) in [5, 5.41) is 0. The molecule has 0 amide bonds. The lowest BCUT2D eigenvalue weighted by Gasteiger charge is -2.09. The van der Waals surface area contributed by atoms with Crippen LogP contribution in [0.3, 0.4) is 0 Å². The van der Waals surface area contributed by atoms with E-state index in [0.29, 0.717) is 12.1 Å². The molecule has 0 unspecified atom stereocenters. The fraction of sp³-hybridized carbons (Fsp3) is 0.400. The van der Waals surface area contributed by atoms with Gasteiger partial charge in [-0.25, -0.2) is 8.78 Å². The minimum absolute atomic E-state index is 0.114. The van der Waals surface area contributed by atoms with Crippen LogP contribution in [0.5, 0.6) is 0 Å². The first-order chi connectivity index (χ1) is 6.82. The summed E-state index contributed by atoms with van der Waals surface area (Å²) in [7, 11) is 0. The molecule has 0 N–H and O–H groups in total. The van der Waals surface area contributed by atoms with Gasteiger partial charge in [0.05, 0.1) is 0 Å². The average molecular weight is 226 g/mol. The van der Waals surface area contributed by atoms with E-state index >= 15 is 0 Å². The number of hydrogen-bond acceptors (Lipinski definition) is 0. The smallest absolute Gasteiger partial charge is 0.206 e. The minimum Gasteiger partial charge on any atom is -0.206 e. The van der Waals surface area contributed by atoms with Crippen molar-refractivity contribution in [2.75, 3.05) is 0 Å². The molecule has 1 aromatic rings. The molecule has 0 bridgehead atoms. The van der Waals surface area contributed by atoms with Gasteiger partial charge in [0.15, 0.2) is 0 Å². The Morgan fingerprint density at radius 1 is 0.933 bits per heavy atom. The molecule has 0 saturated carbocycles. The number of aryl methyl sites for hydroxylation is 1. The molecule has 5 heteroatoms. The Hall–Kier alpha value is -1.13. The second kappa shape index (κ2) is 5.09. The normalized spacial score (nSPS) is 10.7. The Morgan fingerprint density at radius 3 is 1.53 bits per heavy atom. The molecule has 0 atom stereocenters. The predicted molar refractivity (Wildman–Crippen MR) is 47.4 cm³/mol. The standard InChI is InChI=1S/C8H5F5.C2H6/c1-4-2-5(9)7(6(10)3-4)8(11,12)13;1-2/h2-3H,1H3;1-2H3. The van der Waals surface area contributed by atoms with E-state index in [-0.39, 0.29) is 5.56 Å². The Morgan fingerprint density at radius 2 is 1.27 bits per heavy atom. The van der Waals surface area contributed by atoms with E-state index in [0.717, 1.165) is 0 Å². The van der Waals surface area contributed by atoms with E-state index in [1.54, 1.807) is 0 Å². The van der Waals surface area contributed by atoms with Gasteiger partial charge in [-0.05, 0) is 24.6 Å². The zero-order chi connectivity index (χ0) is 12.2. The van der Waals surface area contributed by atoms with Crippen LogP contribution < -0.4 is 0 Å². The first kappa shape index (κ1) is 13.9. The van der Waals surface area contributed by atoms with Crippen molar-refractivity contribution >= 4 is 0 Å². The van der Waals surface area contributed by atoms with E-state index in [1.807, 2.05) is 13.8 Å². The molecule has 1 aromatic carbocycles. The van der Waals surface area contributed by atoms with Gasteiger partial charge in [0.2, 0.25) is 0 Å². The van der Waals surface area contributed by atoms with E-state index < -0.39 is 23.4 Å². The summed E-state index contributed by atoms with van der Waals surface area (Å²) in [4.78, 5) is 0. The summed E-state index contributed by atoms with van der Waals surface area (Å²) in [6, 6.07) is 1.29. The van der Waals surface area contributed by atoms with Crippen LogP contribution in [-0.4, -0.2) is 0 Å². The number of rotatable bonds is 0. The van der Waals surface area contributed by atoms with Crippen molar-refractivity contribution in [3.05, 3.63) is 34.9 Å². The van der Waals surface area contributed by atoms with Crippen molar-refractivity contribution in [1.29, 1.82) is 0 Å². The van der Waals surface area contributed by atoms with Crippen LogP contribution in [0, 0.1) is 18.6 Å². The first-order valence-corrected chi connectivity index (χ1v) is 4.35. The lowest BCUT2D eigenvalue weighted by Crippen LogP contribution is -2.11. The number of hydrogen-bond donors (Lipinski definition) is 0. The molecule has 0 fully saturated rings. The third-order valence-corrected chi connectivity index (χ3v) is 1.47. The van der Waals surface area contributed by atoms with Gasteiger partial charge in [-0.2, -0.15) is 13.2 Å². The molecular weight excluding hydrogens is 215 g/mol. The van der Waals surface area contributed by atoms with Crippen LogP contribution in [0.25, 0.3) is 0 Å². The van der Waals surface area contributed by atoms with Crippen molar-refractivity contribution in [1.82, 2.24) is 0 Å². The van der Waals surface area contributed by atoms with Gasteiger partial charge in [0.25, 0.3) is 0 Å². The molecule has 86 valence electrons. The molecule has 0 aliphatic rings. The van der Waals surface area contributed by atoms with Crippen LogP contribution in [0.4, 0.5) is 22.0 Å². The highest BCUT2D eigenvalue weighted by Crippen LogP contribution is 2.33. The van der Waals surface area contributed by atoms with Gasteiger partial charge in [0.1, 0.15) is 17.2 Å². The lowest BCUT2D eigenvalue weighted by molar-refractivity contribution is -0.142. The van der Waals surface area contributed by atoms with Crippen LogP contribution >= 0.6 is 0 Å². The largest absolute Gasteiger partial charge is 0.422 e. The zero-order valence-electron chi connectivity index (χ0n) is 8.54. The molecular formula is C10H11F5. The molecule has 0 aliphatic heterocycles. The Kier molecular flexibility index (Phi) is 4.71. The van der Waals surface area contributed by atoms with Crippen molar-refractivity contribution < 1.29 is 22.0 Å². The number of alkyl halides is 3. The highest BCUT2D eigenvalue weighted by atomic mass is 19.4. The molecule has 0 radical (unpaired) electrons. The summed E-state index contributed by atoms with van der Waals surface area (Å²) >= 11 is 0. The number of benzene rings is 1. The average Bonchev–Trinajstić information content (AvgIpc) is 2.02. The van der Waals surface area contributed by atoms with Gasteiger partial charge in [-0.15, -0.1) is 0 Å². The van der Waals surface area contributed by atoms with Gasteiger partial charge >= 0.3 is 6.18 Å². The molecule has 0 spiro atoms. The molecule has 0 aromatic heterocycles. The van der Waals surface area contributed by atoms with Gasteiger partial charge in [-0.1, -0.05) is 13.8 Å². The maximum absolute atomic E-state index is 12.6. The van der Waals surface area contributed by atoms with Crippen LogP contribution in [0.2, 0.25) is 0 Å². The fourth-order valence-electron chi connectivity index (χ4n) is 0.971. The summed E-state index contributed by atoms with van der Waals surface area (Å²) < 4.78 is 61.2. The third kappa shape index (κ3) is 3.49. The molecule has 0 nitrogen and oxygen atoms in total. The maximum atomic E-state index is 12.6. The van der Waals surface area contributed by atoms with Crippen molar-refractivity contribution in [2.45, 2.75) is 26.9 Å². The first-order valence-electron chi connectivity index (χ1n) is 4.35. The van der Waals surface area contributed by atoms with E-state index in [4.69, 9.17) is 0 Å². The highest BCUT2D eigenvalue weighted by Gasteiger charge is 2.37. The molecule has 1 rings (SSSR count). The maximum Gasteiger partial charge on any atom is 0.422 e. The van der Waals surface area contributed by atoms with Crippen molar-refractivity contribution in [3.63, 3.8) is 0 Å². The molecule has 0 aliphatic carbocycles. The topological polar surface area (TPSA) is 0 Å². The molecule has 0 heterocycles. The molecule has 15 heavy (non-hydrogen) atoms. The van der Waals surface area contributed by atoms with Gasteiger partial charge < -0.3 is 0 Å². The lowest BCUT2D eigenvalue weighted by atomic mass is 10.1. The summed E-state index contributed by atoms with van der Waals surface area (Å²) in [5.41, 5.74) is -1.72. The monoisotopic (exact) mass is 226 g/mol. The quantitative estimate of drug-likeness (QED) is 0.578. The fourth-order valence-corrected chi connectivity index (χ4v) is 0.971. The van der Waals surface area contributed by atoms with Crippen molar-refractivity contribution in [3.8, 4) is 0 Å². The summed E-state index contributed by atoms with van der Waals surface area (Å²) in [6.45, 7) is 5.31. The van der Waals surface area contributed by atoms with Crippen LogP contribution in [-0.2, 0) is 6.18 Å². The second-order valence-corrected chi connectivity index (χ2v) is 2.60. The van der Waals surface area contributed by atoms with Gasteiger partial charge in [-0.3, -0.25) is 0 Å². The van der Waals surface area contributed by atoms with Crippen LogP contribution in [0.1, 0.15) is 25.0 Å². The second-order valence-electron chi connectivity index (χ2n) is 2.60. The molecule has 0 saturated heterocycles. The number of halogens is 5. The van der Waals surface area contributed by atoms with Crippen LogP contribution in [0.15, 0.2) is 12.1 Å². The van der Waals surface area contributed by atoms with E-state index in [1.165, 1.54) is 6.92 Å². The van der Waals surface area contributed by atoms with E-state index in [2.05, 4.69) is 0 Å². The highest BCUT2D eigenvalue weighted by molar-refractivity contribution is 5.27. The zero-order valence-corrected chi connectivity index (χ0v) is 8.54. The van der Waals surface area contributed by atoms with Crippen molar-refractivity contribution in [2.24, 2.45) is 0 Å². The predicted octanol–water partition coefficient (Wildman–Crippen LogP) is 4.32. The Balaban J connectivity index is 0.000000921. The van der Waals surface area contributed by atoms with E-state index in [9.17, 15) is 22.0 Å². The summed E-state index contributed by atoms with van der Waals surface area (Å²) in [5.74, 6) is -3.16.